The van der Waals surface area contributed by atoms with Crippen LogP contribution in [0.4, 0.5) is 0 Å². The minimum atomic E-state index is -1.00. The number of rotatable bonds is 5. The molecule has 4 heteroatoms. The summed E-state index contributed by atoms with van der Waals surface area (Å²) in [6.07, 6.45) is 2.35. The number of amides is 1. The van der Waals surface area contributed by atoms with E-state index in [-0.39, 0.29) is 11.3 Å². The number of carbonyl (C=O) groups is 2. The summed E-state index contributed by atoms with van der Waals surface area (Å²) in [6, 6.07) is 9.00. The van der Waals surface area contributed by atoms with Crippen molar-refractivity contribution in [2.75, 3.05) is 0 Å². The summed E-state index contributed by atoms with van der Waals surface area (Å²) in [7, 11) is 0. The van der Waals surface area contributed by atoms with E-state index in [1.807, 2.05) is 30.3 Å². The molecule has 0 saturated heterocycles. The maximum absolute atomic E-state index is 12.1. The van der Waals surface area contributed by atoms with Crippen LogP contribution in [0.3, 0.4) is 0 Å². The number of hydrogen-bond donors (Lipinski definition) is 2. The maximum Gasteiger partial charge on any atom is 0.325 e. The smallest absolute Gasteiger partial charge is 0.325 e. The van der Waals surface area contributed by atoms with Gasteiger partial charge in [0, 0.05) is 0 Å². The normalized spacial score (nSPS) is 17.8. The highest BCUT2D eigenvalue weighted by atomic mass is 16.4. The molecule has 4 nitrogen and oxygen atoms in total. The molecule has 0 aliphatic heterocycles. The van der Waals surface area contributed by atoms with Gasteiger partial charge in [-0.2, -0.15) is 0 Å². The van der Waals surface area contributed by atoms with Gasteiger partial charge in [0.25, 0.3) is 0 Å². The molecule has 1 aromatic carbocycles. The zero-order valence-electron chi connectivity index (χ0n) is 10.3. The first-order chi connectivity index (χ1) is 8.53. The second kappa shape index (κ2) is 4.80. The Bertz CT molecular complexity index is 451. The number of carboxylic acid groups (broad SMARTS) is 1. The third kappa shape index (κ3) is 2.70. The van der Waals surface area contributed by atoms with E-state index in [2.05, 4.69) is 5.32 Å². The molecular formula is C14H17NO3. The molecule has 1 aromatic rings. The molecule has 96 valence electrons. The third-order valence-corrected chi connectivity index (χ3v) is 3.44. The Kier molecular flexibility index (Phi) is 3.36. The Morgan fingerprint density at radius 2 is 1.94 bits per heavy atom. The first-order valence-corrected chi connectivity index (χ1v) is 6.11. The Balaban J connectivity index is 1.99. The Labute approximate surface area is 106 Å². The fraction of sp³-hybridized carbons (Fsp3) is 0.429. The van der Waals surface area contributed by atoms with Gasteiger partial charge in [-0.3, -0.25) is 9.59 Å². The van der Waals surface area contributed by atoms with E-state index in [1.165, 1.54) is 6.92 Å². The predicted octanol–water partition coefficient (Wildman–Crippen LogP) is 1.60. The number of benzene rings is 1. The third-order valence-electron chi connectivity index (χ3n) is 3.44. The van der Waals surface area contributed by atoms with Crippen LogP contribution >= 0.6 is 0 Å². The van der Waals surface area contributed by atoms with Crippen LogP contribution in [-0.4, -0.2) is 23.0 Å². The van der Waals surface area contributed by atoms with Gasteiger partial charge in [0.15, 0.2) is 0 Å². The van der Waals surface area contributed by atoms with Crippen LogP contribution < -0.4 is 5.32 Å². The number of hydrogen-bond acceptors (Lipinski definition) is 2. The SMILES string of the molecule is C[C@H](NC(=O)C1(Cc2ccccc2)CC1)C(=O)O. The van der Waals surface area contributed by atoms with E-state index in [0.717, 1.165) is 18.4 Å². The summed E-state index contributed by atoms with van der Waals surface area (Å²) in [5, 5.41) is 11.4. The fourth-order valence-corrected chi connectivity index (χ4v) is 2.03. The van der Waals surface area contributed by atoms with Crippen LogP contribution in [0.15, 0.2) is 30.3 Å². The fourth-order valence-electron chi connectivity index (χ4n) is 2.03. The van der Waals surface area contributed by atoms with Crippen molar-refractivity contribution in [3.63, 3.8) is 0 Å². The molecule has 0 heterocycles. The average molecular weight is 247 g/mol. The zero-order chi connectivity index (χ0) is 13.2. The van der Waals surface area contributed by atoms with Crippen molar-refractivity contribution in [2.45, 2.75) is 32.2 Å². The van der Waals surface area contributed by atoms with Crippen LogP contribution in [0.1, 0.15) is 25.3 Å². The largest absolute Gasteiger partial charge is 0.480 e. The molecule has 0 aromatic heterocycles. The van der Waals surface area contributed by atoms with Crippen molar-refractivity contribution in [3.05, 3.63) is 35.9 Å². The quantitative estimate of drug-likeness (QED) is 0.830. The molecule has 0 spiro atoms. The van der Waals surface area contributed by atoms with Gasteiger partial charge in [0.2, 0.25) is 5.91 Å². The summed E-state index contributed by atoms with van der Waals surface area (Å²) in [5.41, 5.74) is 0.735. The highest BCUT2D eigenvalue weighted by Gasteiger charge is 2.50. The predicted molar refractivity (Wildman–Crippen MR) is 67.1 cm³/mol. The second-order valence-electron chi connectivity index (χ2n) is 4.98. The minimum Gasteiger partial charge on any atom is -0.480 e. The van der Waals surface area contributed by atoms with E-state index in [1.54, 1.807) is 0 Å². The van der Waals surface area contributed by atoms with E-state index in [4.69, 9.17) is 5.11 Å². The molecule has 2 rings (SSSR count). The molecule has 1 atom stereocenters. The highest BCUT2D eigenvalue weighted by Crippen LogP contribution is 2.48. The summed E-state index contributed by atoms with van der Waals surface area (Å²) in [6.45, 7) is 1.48. The van der Waals surface area contributed by atoms with Gasteiger partial charge in [0.1, 0.15) is 6.04 Å². The summed E-state index contributed by atoms with van der Waals surface area (Å²) < 4.78 is 0. The first kappa shape index (κ1) is 12.6. The van der Waals surface area contributed by atoms with Crippen LogP contribution in [0.25, 0.3) is 0 Å². The number of carbonyl (C=O) groups excluding carboxylic acids is 1. The Morgan fingerprint density at radius 1 is 1.33 bits per heavy atom. The topological polar surface area (TPSA) is 66.4 Å². The van der Waals surface area contributed by atoms with Crippen molar-refractivity contribution >= 4 is 11.9 Å². The average Bonchev–Trinajstić information content (AvgIpc) is 3.11. The molecule has 1 amide bonds. The van der Waals surface area contributed by atoms with Gasteiger partial charge in [-0.05, 0) is 31.7 Å². The van der Waals surface area contributed by atoms with Crippen LogP contribution in [0, 0.1) is 5.41 Å². The molecule has 0 radical (unpaired) electrons. The number of aliphatic carboxylic acids is 1. The van der Waals surface area contributed by atoms with Gasteiger partial charge in [0.05, 0.1) is 5.41 Å². The Morgan fingerprint density at radius 3 is 2.44 bits per heavy atom. The number of nitrogens with one attached hydrogen (secondary N) is 1. The van der Waals surface area contributed by atoms with Gasteiger partial charge in [-0.15, -0.1) is 0 Å². The molecular weight excluding hydrogens is 230 g/mol. The lowest BCUT2D eigenvalue weighted by Gasteiger charge is -2.17. The maximum atomic E-state index is 12.1. The van der Waals surface area contributed by atoms with E-state index in [9.17, 15) is 9.59 Å². The molecule has 1 saturated carbocycles. The summed E-state index contributed by atoms with van der Waals surface area (Å²) >= 11 is 0. The molecule has 18 heavy (non-hydrogen) atoms. The van der Waals surface area contributed by atoms with Crippen LogP contribution in [-0.2, 0) is 16.0 Å². The van der Waals surface area contributed by atoms with Crippen molar-refractivity contribution in [1.82, 2.24) is 5.32 Å². The monoisotopic (exact) mass is 247 g/mol. The van der Waals surface area contributed by atoms with Gasteiger partial charge in [-0.25, -0.2) is 0 Å². The minimum absolute atomic E-state index is 0.138. The van der Waals surface area contributed by atoms with Gasteiger partial charge in [-0.1, -0.05) is 30.3 Å². The molecule has 0 unspecified atom stereocenters. The van der Waals surface area contributed by atoms with E-state index in [0.29, 0.717) is 6.42 Å². The second-order valence-corrected chi connectivity index (χ2v) is 4.98. The standard InChI is InChI=1S/C14H17NO3/c1-10(12(16)17)15-13(18)14(7-8-14)9-11-5-3-2-4-6-11/h2-6,10H,7-9H2,1H3,(H,15,18)(H,16,17)/t10-/m0/s1. The van der Waals surface area contributed by atoms with Crippen molar-refractivity contribution in [1.29, 1.82) is 0 Å². The van der Waals surface area contributed by atoms with Crippen molar-refractivity contribution in [2.24, 2.45) is 5.41 Å². The lowest BCUT2D eigenvalue weighted by molar-refractivity contribution is -0.142. The lowest BCUT2D eigenvalue weighted by Crippen LogP contribution is -2.43. The van der Waals surface area contributed by atoms with Crippen LogP contribution in [0.5, 0.6) is 0 Å². The Hall–Kier alpha value is -1.84. The van der Waals surface area contributed by atoms with Gasteiger partial charge < -0.3 is 10.4 Å². The van der Waals surface area contributed by atoms with E-state index < -0.39 is 12.0 Å². The lowest BCUT2D eigenvalue weighted by atomic mass is 9.95. The van der Waals surface area contributed by atoms with Gasteiger partial charge >= 0.3 is 5.97 Å². The van der Waals surface area contributed by atoms with Crippen LogP contribution in [0.2, 0.25) is 0 Å². The highest BCUT2D eigenvalue weighted by molar-refractivity contribution is 5.89. The van der Waals surface area contributed by atoms with Crippen molar-refractivity contribution < 1.29 is 14.7 Å². The zero-order valence-corrected chi connectivity index (χ0v) is 10.3. The molecule has 1 aliphatic carbocycles. The summed E-state index contributed by atoms with van der Waals surface area (Å²) in [4.78, 5) is 22.8. The molecule has 0 bridgehead atoms. The van der Waals surface area contributed by atoms with Crippen molar-refractivity contribution in [3.8, 4) is 0 Å². The molecule has 1 fully saturated rings. The first-order valence-electron chi connectivity index (χ1n) is 6.11. The van der Waals surface area contributed by atoms with E-state index >= 15 is 0 Å². The molecule has 1 aliphatic rings. The summed E-state index contributed by atoms with van der Waals surface area (Å²) in [5.74, 6) is -1.14. The molecule has 2 N–H and O–H groups in total. The number of carboxylic acids is 1.